The number of furan rings is 1. The molecule has 160 valence electrons. The van der Waals surface area contributed by atoms with E-state index in [9.17, 15) is 4.79 Å². The molecule has 0 aliphatic carbocycles. The van der Waals surface area contributed by atoms with Gasteiger partial charge < -0.3 is 23.9 Å². The van der Waals surface area contributed by atoms with Gasteiger partial charge in [0, 0.05) is 22.9 Å². The average Bonchev–Trinajstić information content (AvgIpc) is 3.40. The molecule has 1 aromatic heterocycles. The van der Waals surface area contributed by atoms with Gasteiger partial charge in [0.05, 0.1) is 12.8 Å². The van der Waals surface area contributed by atoms with E-state index in [0.29, 0.717) is 28.5 Å². The summed E-state index contributed by atoms with van der Waals surface area (Å²) in [6, 6.07) is 16.9. The smallest absolute Gasteiger partial charge is 0.250 e. The van der Waals surface area contributed by atoms with Gasteiger partial charge in [-0.05, 0) is 48.1 Å². The fourth-order valence-corrected chi connectivity index (χ4v) is 3.72. The molecule has 1 amide bonds. The van der Waals surface area contributed by atoms with E-state index in [1.54, 1.807) is 31.4 Å². The summed E-state index contributed by atoms with van der Waals surface area (Å²) in [7, 11) is 1.57. The fraction of sp³-hybridized carbons (Fsp3) is 0.0833. The number of methoxy groups -OCH3 is 1. The summed E-state index contributed by atoms with van der Waals surface area (Å²) in [5.41, 5.74) is 2.86. The number of hydrogen-bond acceptors (Lipinski definition) is 6. The summed E-state index contributed by atoms with van der Waals surface area (Å²) in [4.78, 5) is 12.3. The molecule has 0 saturated carbocycles. The Bertz CT molecular complexity index is 1390. The first-order chi connectivity index (χ1) is 15.6. The van der Waals surface area contributed by atoms with E-state index in [4.69, 9.17) is 30.8 Å². The largest absolute Gasteiger partial charge is 0.495 e. The predicted octanol–water partition coefficient (Wildman–Crippen LogP) is 4.85. The fourth-order valence-electron chi connectivity index (χ4n) is 3.51. The molecule has 3 aromatic carbocycles. The molecule has 2 N–H and O–H groups in total. The van der Waals surface area contributed by atoms with E-state index in [2.05, 4.69) is 10.6 Å². The first-order valence-corrected chi connectivity index (χ1v) is 10.2. The van der Waals surface area contributed by atoms with Crippen LogP contribution in [0.25, 0.3) is 28.0 Å². The lowest BCUT2D eigenvalue weighted by atomic mass is 10.1. The van der Waals surface area contributed by atoms with Gasteiger partial charge in [0.15, 0.2) is 16.6 Å². The number of para-hydroxylation sites is 1. The number of amides is 1. The monoisotopic (exact) mass is 446 g/mol. The molecular formula is C24H18N2O5S. The Balaban J connectivity index is 1.30. The third-order valence-electron chi connectivity index (χ3n) is 5.01. The third kappa shape index (κ3) is 3.83. The molecule has 0 bridgehead atoms. The van der Waals surface area contributed by atoms with Crippen molar-refractivity contribution in [2.75, 3.05) is 19.2 Å². The topological polar surface area (TPSA) is 82.0 Å². The number of ether oxygens (including phenoxy) is 3. The molecule has 8 heteroatoms. The quantitative estimate of drug-likeness (QED) is 0.343. The summed E-state index contributed by atoms with van der Waals surface area (Å²) >= 11 is 5.30. The van der Waals surface area contributed by atoms with Crippen LogP contribution in [0, 0.1) is 0 Å². The number of thiocarbonyl (C=S) groups is 1. The second kappa shape index (κ2) is 8.24. The van der Waals surface area contributed by atoms with Crippen LogP contribution < -0.4 is 24.8 Å². The molecule has 5 rings (SSSR count). The van der Waals surface area contributed by atoms with Crippen LogP contribution in [0.1, 0.15) is 5.56 Å². The van der Waals surface area contributed by atoms with Gasteiger partial charge in [-0.15, -0.1) is 0 Å². The lowest BCUT2D eigenvalue weighted by molar-refractivity contribution is -0.115. The van der Waals surface area contributed by atoms with Crippen molar-refractivity contribution in [3.05, 3.63) is 66.2 Å². The molecule has 2 heterocycles. The van der Waals surface area contributed by atoms with Gasteiger partial charge in [0.2, 0.25) is 12.7 Å². The van der Waals surface area contributed by atoms with Crippen LogP contribution in [0.15, 0.2) is 65.1 Å². The molecule has 0 saturated heterocycles. The van der Waals surface area contributed by atoms with Gasteiger partial charge in [-0.3, -0.25) is 10.1 Å². The maximum absolute atomic E-state index is 12.3. The summed E-state index contributed by atoms with van der Waals surface area (Å²) in [5, 5.41) is 7.70. The molecule has 1 aliphatic heterocycles. The Labute approximate surface area is 188 Å². The van der Waals surface area contributed by atoms with Crippen LogP contribution in [0.2, 0.25) is 0 Å². The van der Waals surface area contributed by atoms with Gasteiger partial charge in [0.25, 0.3) is 0 Å². The average molecular weight is 446 g/mol. The predicted molar refractivity (Wildman–Crippen MR) is 126 cm³/mol. The van der Waals surface area contributed by atoms with Crippen molar-refractivity contribution in [2.45, 2.75) is 0 Å². The number of fused-ring (bicyclic) bond motifs is 4. The first kappa shape index (κ1) is 19.9. The van der Waals surface area contributed by atoms with Crippen LogP contribution in [0.4, 0.5) is 5.69 Å². The number of anilines is 1. The van der Waals surface area contributed by atoms with Crippen molar-refractivity contribution < 1.29 is 23.4 Å². The van der Waals surface area contributed by atoms with E-state index >= 15 is 0 Å². The van der Waals surface area contributed by atoms with Crippen molar-refractivity contribution in [2.24, 2.45) is 0 Å². The van der Waals surface area contributed by atoms with E-state index in [0.717, 1.165) is 21.9 Å². The lowest BCUT2D eigenvalue weighted by Crippen LogP contribution is -2.32. The number of carbonyl (C=O) groups excluding carboxylic acids is 1. The van der Waals surface area contributed by atoms with Crippen molar-refractivity contribution in [3.63, 3.8) is 0 Å². The summed E-state index contributed by atoms with van der Waals surface area (Å²) in [6.07, 6.45) is 3.06. The van der Waals surface area contributed by atoms with E-state index in [-0.39, 0.29) is 17.8 Å². The normalized spacial score (nSPS) is 12.4. The summed E-state index contributed by atoms with van der Waals surface area (Å²) in [5.74, 6) is 1.55. The molecular weight excluding hydrogens is 428 g/mol. The zero-order valence-electron chi connectivity index (χ0n) is 17.0. The van der Waals surface area contributed by atoms with Gasteiger partial charge in [0.1, 0.15) is 16.9 Å². The van der Waals surface area contributed by atoms with Crippen LogP contribution in [0.5, 0.6) is 17.2 Å². The SMILES string of the molecule is COc1cc2c(cc1NC(=S)NC(=O)/C=C/c1ccc3c(c1)OCO3)oc1ccccc12. The van der Waals surface area contributed by atoms with Crippen LogP contribution in [-0.2, 0) is 4.79 Å². The zero-order valence-corrected chi connectivity index (χ0v) is 17.8. The van der Waals surface area contributed by atoms with Gasteiger partial charge in [-0.1, -0.05) is 24.3 Å². The number of benzene rings is 3. The Morgan fingerprint density at radius 2 is 1.88 bits per heavy atom. The van der Waals surface area contributed by atoms with Crippen molar-refractivity contribution in [1.82, 2.24) is 5.32 Å². The van der Waals surface area contributed by atoms with Crippen LogP contribution in [-0.4, -0.2) is 24.9 Å². The summed E-state index contributed by atoms with van der Waals surface area (Å²) < 4.78 is 22.0. The number of carbonyl (C=O) groups is 1. The van der Waals surface area contributed by atoms with Crippen LogP contribution >= 0.6 is 12.2 Å². The Kier molecular flexibility index (Phi) is 5.12. The van der Waals surface area contributed by atoms with Crippen molar-refractivity contribution in [3.8, 4) is 17.2 Å². The zero-order chi connectivity index (χ0) is 22.1. The Morgan fingerprint density at radius 1 is 1.03 bits per heavy atom. The standard InChI is InChI=1S/C24H18N2O5S/c1-28-21-11-16-15-4-2-3-5-18(15)31-20(16)12-17(21)25-24(32)26-23(27)9-7-14-6-8-19-22(10-14)30-13-29-19/h2-12H,13H2,1H3,(H2,25,26,27,32)/b9-7+. The highest BCUT2D eigenvalue weighted by molar-refractivity contribution is 7.80. The molecule has 0 radical (unpaired) electrons. The number of rotatable bonds is 4. The van der Waals surface area contributed by atoms with Crippen LogP contribution in [0.3, 0.4) is 0 Å². The Morgan fingerprint density at radius 3 is 2.75 bits per heavy atom. The second-order valence-corrected chi connectivity index (χ2v) is 7.44. The van der Waals surface area contributed by atoms with Crippen molar-refractivity contribution >= 4 is 56.9 Å². The van der Waals surface area contributed by atoms with E-state index in [1.807, 2.05) is 36.4 Å². The number of hydrogen-bond donors (Lipinski definition) is 2. The minimum absolute atomic E-state index is 0.138. The van der Waals surface area contributed by atoms with E-state index < -0.39 is 0 Å². The molecule has 0 spiro atoms. The maximum Gasteiger partial charge on any atom is 0.250 e. The van der Waals surface area contributed by atoms with Gasteiger partial charge >= 0.3 is 0 Å². The van der Waals surface area contributed by atoms with E-state index in [1.165, 1.54) is 6.08 Å². The molecule has 1 aliphatic rings. The highest BCUT2D eigenvalue weighted by atomic mass is 32.1. The minimum Gasteiger partial charge on any atom is -0.495 e. The molecule has 7 nitrogen and oxygen atoms in total. The molecule has 0 unspecified atom stereocenters. The molecule has 0 fully saturated rings. The highest BCUT2D eigenvalue weighted by Crippen LogP contribution is 2.36. The summed E-state index contributed by atoms with van der Waals surface area (Å²) in [6.45, 7) is 0.201. The Hall–Kier alpha value is -4.04. The third-order valence-corrected chi connectivity index (χ3v) is 5.21. The van der Waals surface area contributed by atoms with Crippen molar-refractivity contribution in [1.29, 1.82) is 0 Å². The molecule has 4 aromatic rings. The molecule has 32 heavy (non-hydrogen) atoms. The van der Waals surface area contributed by atoms with Gasteiger partial charge in [-0.25, -0.2) is 0 Å². The lowest BCUT2D eigenvalue weighted by Gasteiger charge is -2.12. The number of nitrogens with one attached hydrogen (secondary N) is 2. The molecule has 0 atom stereocenters. The minimum atomic E-state index is -0.371. The highest BCUT2D eigenvalue weighted by Gasteiger charge is 2.14. The second-order valence-electron chi connectivity index (χ2n) is 7.04. The van der Waals surface area contributed by atoms with Gasteiger partial charge in [-0.2, -0.15) is 0 Å². The first-order valence-electron chi connectivity index (χ1n) is 9.80. The maximum atomic E-state index is 12.3.